The molecule has 0 aliphatic heterocycles. The molecular formula is C17H19F3O3. The number of hydrogen-bond donors (Lipinski definition) is 0. The van der Waals surface area contributed by atoms with Gasteiger partial charge in [0, 0.05) is 19.1 Å². The zero-order chi connectivity index (χ0) is 17.5. The SMILES string of the molecule is C=C[C@@H](C/C=C\C)OC(=O)[C@@](OC)(c1ccccc1)C(F)(F)F. The first-order valence-electron chi connectivity index (χ1n) is 6.95. The highest BCUT2D eigenvalue weighted by Gasteiger charge is 2.64. The van der Waals surface area contributed by atoms with E-state index in [9.17, 15) is 18.0 Å². The Labute approximate surface area is 133 Å². The minimum atomic E-state index is -4.98. The average Bonchev–Trinajstić information content (AvgIpc) is 2.52. The minimum Gasteiger partial charge on any atom is -0.455 e. The van der Waals surface area contributed by atoms with Crippen molar-refractivity contribution in [2.24, 2.45) is 0 Å². The maximum Gasteiger partial charge on any atom is 0.432 e. The van der Waals surface area contributed by atoms with E-state index >= 15 is 0 Å². The van der Waals surface area contributed by atoms with E-state index in [-0.39, 0.29) is 12.0 Å². The Kier molecular flexibility index (Phi) is 6.57. The van der Waals surface area contributed by atoms with Crippen molar-refractivity contribution in [1.82, 2.24) is 0 Å². The average molecular weight is 328 g/mol. The molecule has 3 nitrogen and oxygen atoms in total. The van der Waals surface area contributed by atoms with Crippen molar-refractivity contribution in [2.45, 2.75) is 31.2 Å². The van der Waals surface area contributed by atoms with Crippen molar-refractivity contribution in [3.05, 3.63) is 60.7 Å². The molecule has 0 saturated carbocycles. The number of benzene rings is 1. The van der Waals surface area contributed by atoms with Crippen LogP contribution in [0.4, 0.5) is 13.2 Å². The van der Waals surface area contributed by atoms with Gasteiger partial charge >= 0.3 is 12.1 Å². The van der Waals surface area contributed by atoms with Crippen molar-refractivity contribution in [2.75, 3.05) is 7.11 Å². The number of carbonyl (C=O) groups excluding carboxylic acids is 1. The molecule has 0 aliphatic rings. The lowest BCUT2D eigenvalue weighted by atomic mass is 9.92. The van der Waals surface area contributed by atoms with Gasteiger partial charge in [0.15, 0.2) is 0 Å². The van der Waals surface area contributed by atoms with Crippen LogP contribution in [0.1, 0.15) is 18.9 Å². The zero-order valence-corrected chi connectivity index (χ0v) is 13.0. The van der Waals surface area contributed by atoms with Gasteiger partial charge in [-0.3, -0.25) is 0 Å². The lowest BCUT2D eigenvalue weighted by Gasteiger charge is -2.33. The first-order chi connectivity index (χ1) is 10.8. The molecule has 0 spiro atoms. The summed E-state index contributed by atoms with van der Waals surface area (Å²) >= 11 is 0. The lowest BCUT2D eigenvalue weighted by Crippen LogP contribution is -2.52. The second-order valence-electron chi connectivity index (χ2n) is 4.73. The van der Waals surface area contributed by atoms with Crippen molar-refractivity contribution in [1.29, 1.82) is 0 Å². The highest BCUT2D eigenvalue weighted by atomic mass is 19.4. The molecule has 0 fully saturated rings. The fourth-order valence-corrected chi connectivity index (χ4v) is 2.07. The van der Waals surface area contributed by atoms with Crippen molar-refractivity contribution in [3.8, 4) is 0 Å². The van der Waals surface area contributed by atoms with Crippen LogP contribution in [0.15, 0.2) is 55.1 Å². The molecule has 0 heterocycles. The van der Waals surface area contributed by atoms with Gasteiger partial charge in [0.1, 0.15) is 6.10 Å². The Hall–Kier alpha value is -2.08. The van der Waals surface area contributed by atoms with E-state index in [2.05, 4.69) is 11.3 Å². The third kappa shape index (κ3) is 4.01. The first kappa shape index (κ1) is 19.0. The van der Waals surface area contributed by atoms with Crippen LogP contribution in [0, 0.1) is 0 Å². The minimum absolute atomic E-state index is 0.234. The number of methoxy groups -OCH3 is 1. The molecule has 2 atom stereocenters. The van der Waals surface area contributed by atoms with Crippen LogP contribution in [-0.4, -0.2) is 25.4 Å². The van der Waals surface area contributed by atoms with Gasteiger partial charge in [-0.1, -0.05) is 55.1 Å². The fraction of sp³-hybridized carbons (Fsp3) is 0.353. The Morgan fingerprint density at radius 1 is 1.30 bits per heavy atom. The first-order valence-corrected chi connectivity index (χ1v) is 6.95. The Morgan fingerprint density at radius 2 is 1.91 bits per heavy atom. The van der Waals surface area contributed by atoms with Gasteiger partial charge in [0.25, 0.3) is 5.60 Å². The highest BCUT2D eigenvalue weighted by molar-refractivity contribution is 5.83. The van der Waals surface area contributed by atoms with Crippen LogP contribution in [0.5, 0.6) is 0 Å². The van der Waals surface area contributed by atoms with Gasteiger partial charge < -0.3 is 9.47 Å². The van der Waals surface area contributed by atoms with Crippen molar-refractivity contribution in [3.63, 3.8) is 0 Å². The van der Waals surface area contributed by atoms with Crippen molar-refractivity contribution >= 4 is 5.97 Å². The van der Waals surface area contributed by atoms with Gasteiger partial charge in [0.2, 0.25) is 0 Å². The lowest BCUT2D eigenvalue weighted by molar-refractivity contribution is -0.277. The number of hydrogen-bond acceptors (Lipinski definition) is 3. The smallest absolute Gasteiger partial charge is 0.432 e. The Morgan fingerprint density at radius 3 is 2.35 bits per heavy atom. The molecule has 1 aromatic carbocycles. The summed E-state index contributed by atoms with van der Waals surface area (Å²) in [5.41, 5.74) is -3.51. The topological polar surface area (TPSA) is 35.5 Å². The third-order valence-corrected chi connectivity index (χ3v) is 3.30. The fourth-order valence-electron chi connectivity index (χ4n) is 2.07. The van der Waals surface area contributed by atoms with Gasteiger partial charge in [-0.25, -0.2) is 4.79 Å². The molecule has 0 bridgehead atoms. The van der Waals surface area contributed by atoms with Gasteiger partial charge in [-0.2, -0.15) is 13.2 Å². The molecule has 0 saturated heterocycles. The van der Waals surface area contributed by atoms with Crippen LogP contribution in [0.3, 0.4) is 0 Å². The van der Waals surface area contributed by atoms with Crippen LogP contribution < -0.4 is 0 Å². The molecule has 1 aromatic rings. The van der Waals surface area contributed by atoms with E-state index in [1.54, 1.807) is 25.1 Å². The number of carbonyl (C=O) groups is 1. The summed E-state index contributed by atoms with van der Waals surface area (Å²) < 4.78 is 50.6. The Bertz CT molecular complexity index is 552. The number of alkyl halides is 3. The maximum absolute atomic E-state index is 13.7. The van der Waals surface area contributed by atoms with E-state index in [4.69, 9.17) is 4.74 Å². The number of halogens is 3. The summed E-state index contributed by atoms with van der Waals surface area (Å²) in [4.78, 5) is 12.3. The van der Waals surface area contributed by atoms with Crippen LogP contribution >= 0.6 is 0 Å². The predicted molar refractivity (Wildman–Crippen MR) is 80.7 cm³/mol. The standard InChI is InChI=1S/C17H19F3O3/c1-4-6-12-14(5-2)23-15(21)16(22-3,17(18,19)20)13-10-8-7-9-11-13/h4-11,14H,2,12H2,1,3H3/b6-4-/t14-,16-/m0/s1. The molecule has 0 amide bonds. The summed E-state index contributed by atoms with van der Waals surface area (Å²) in [6.07, 6.45) is -0.969. The van der Waals surface area contributed by atoms with Gasteiger partial charge in [0.05, 0.1) is 0 Å². The quantitative estimate of drug-likeness (QED) is 0.557. The molecular weight excluding hydrogens is 309 g/mol. The molecule has 1 rings (SSSR count). The third-order valence-electron chi connectivity index (χ3n) is 3.30. The van der Waals surface area contributed by atoms with Gasteiger partial charge in [-0.05, 0) is 6.92 Å². The summed E-state index contributed by atoms with van der Waals surface area (Å²) in [5, 5.41) is 0. The summed E-state index contributed by atoms with van der Waals surface area (Å²) in [6, 6.07) is 6.68. The molecule has 0 unspecified atom stereocenters. The molecule has 0 aliphatic carbocycles. The Balaban J connectivity index is 3.25. The largest absolute Gasteiger partial charge is 0.455 e. The van der Waals surface area contributed by atoms with Crippen molar-refractivity contribution < 1.29 is 27.4 Å². The van der Waals surface area contributed by atoms with E-state index in [1.165, 1.54) is 30.3 Å². The number of rotatable bonds is 7. The van der Waals surface area contributed by atoms with E-state index in [0.29, 0.717) is 0 Å². The summed E-state index contributed by atoms with van der Waals surface area (Å²) in [7, 11) is 0.830. The normalized spacial score (nSPS) is 15.9. The van der Waals surface area contributed by atoms with Crippen LogP contribution in [-0.2, 0) is 19.9 Å². The molecule has 0 N–H and O–H groups in total. The number of esters is 1. The highest BCUT2D eigenvalue weighted by Crippen LogP contribution is 2.43. The molecule has 0 aromatic heterocycles. The summed E-state index contributed by atoms with van der Waals surface area (Å²) in [6.45, 7) is 5.23. The number of allylic oxidation sites excluding steroid dienone is 1. The molecule has 126 valence electrons. The zero-order valence-electron chi connectivity index (χ0n) is 13.0. The number of ether oxygens (including phenoxy) is 2. The van der Waals surface area contributed by atoms with Crippen LogP contribution in [0.2, 0.25) is 0 Å². The van der Waals surface area contributed by atoms with Gasteiger partial charge in [-0.15, -0.1) is 0 Å². The monoisotopic (exact) mass is 328 g/mol. The van der Waals surface area contributed by atoms with E-state index in [0.717, 1.165) is 7.11 Å². The second-order valence-corrected chi connectivity index (χ2v) is 4.73. The predicted octanol–water partition coefficient (Wildman–Crippen LogP) is 4.15. The molecule has 6 heteroatoms. The summed E-state index contributed by atoms with van der Waals surface area (Å²) in [5.74, 6) is -1.52. The van der Waals surface area contributed by atoms with Crippen LogP contribution in [0.25, 0.3) is 0 Å². The maximum atomic E-state index is 13.7. The second kappa shape index (κ2) is 7.97. The van der Waals surface area contributed by atoms with E-state index < -0.39 is 23.9 Å². The van der Waals surface area contributed by atoms with E-state index in [1.807, 2.05) is 0 Å². The molecule has 0 radical (unpaired) electrons. The molecule has 23 heavy (non-hydrogen) atoms.